The van der Waals surface area contributed by atoms with Gasteiger partial charge in [0.05, 0.1) is 5.56 Å². The highest BCUT2D eigenvalue weighted by molar-refractivity contribution is 6.10. The Hall–Kier alpha value is -2.14. The normalized spacial score (nSPS) is 20.7. The lowest BCUT2D eigenvalue weighted by molar-refractivity contribution is 0.0209. The quantitative estimate of drug-likeness (QED) is 0.814. The summed E-state index contributed by atoms with van der Waals surface area (Å²) in [5.74, 6) is 0.492. The summed E-state index contributed by atoms with van der Waals surface area (Å²) in [5, 5.41) is 0.722. The molecule has 5 heteroatoms. The molecule has 0 fully saturated rings. The van der Waals surface area contributed by atoms with E-state index in [0.29, 0.717) is 23.4 Å². The van der Waals surface area contributed by atoms with Crippen molar-refractivity contribution in [1.82, 2.24) is 4.90 Å². The summed E-state index contributed by atoms with van der Waals surface area (Å²) in [5.41, 5.74) is -0.329. The molecule has 0 amide bonds. The molecule has 2 heterocycles. The molecule has 0 saturated carbocycles. The summed E-state index contributed by atoms with van der Waals surface area (Å²) in [6, 6.07) is 6.40. The molecule has 2 aromatic rings. The first-order chi connectivity index (χ1) is 10.3. The van der Waals surface area contributed by atoms with Crippen molar-refractivity contribution in [1.29, 1.82) is 0 Å². The van der Waals surface area contributed by atoms with Crippen molar-refractivity contribution in [3.05, 3.63) is 40.2 Å². The highest BCUT2D eigenvalue weighted by atomic mass is 16.5. The smallest absolute Gasteiger partial charge is 0.336 e. The molecular weight excluding hydrogens is 282 g/mol. The highest BCUT2D eigenvalue weighted by Crippen LogP contribution is 2.41. The van der Waals surface area contributed by atoms with Gasteiger partial charge in [0.1, 0.15) is 11.3 Å². The van der Waals surface area contributed by atoms with Crippen LogP contribution in [0.15, 0.2) is 33.5 Å². The number of ketones is 1. The first-order valence-corrected chi connectivity index (χ1v) is 7.30. The number of rotatable bonds is 3. The molecule has 1 aliphatic rings. The summed E-state index contributed by atoms with van der Waals surface area (Å²) in [6.45, 7) is 4.46. The van der Waals surface area contributed by atoms with Crippen LogP contribution < -0.4 is 10.4 Å². The number of likely N-dealkylation sites (N-methyl/N-ethyl adjacent to an activating group) is 1. The molecule has 0 radical (unpaired) electrons. The second-order valence-electron chi connectivity index (χ2n) is 6.35. The standard InChI is InChI=1S/C17H19NO4/c1-10(2)17(9-18(3)4)16(20)12-7-11-5-6-15(19)21-13(11)8-14(12)22-17/h5-8,10H,9H2,1-4H3/t17-/m0/s1. The Balaban J connectivity index is 2.16. The third-order valence-electron chi connectivity index (χ3n) is 4.13. The van der Waals surface area contributed by atoms with Gasteiger partial charge in [-0.2, -0.15) is 0 Å². The molecule has 5 nitrogen and oxygen atoms in total. The molecule has 0 spiro atoms. The molecule has 1 atom stereocenters. The predicted molar refractivity (Wildman–Crippen MR) is 83.6 cm³/mol. The first kappa shape index (κ1) is 14.8. The largest absolute Gasteiger partial charge is 0.477 e. The van der Waals surface area contributed by atoms with Crippen LogP contribution in [0.3, 0.4) is 0 Å². The van der Waals surface area contributed by atoms with Crippen molar-refractivity contribution >= 4 is 16.8 Å². The average molecular weight is 301 g/mol. The van der Waals surface area contributed by atoms with Crippen molar-refractivity contribution in [3.63, 3.8) is 0 Å². The molecule has 3 rings (SSSR count). The van der Waals surface area contributed by atoms with Gasteiger partial charge < -0.3 is 14.1 Å². The molecule has 0 bridgehead atoms. The van der Waals surface area contributed by atoms with Crippen LogP contribution in [0.1, 0.15) is 24.2 Å². The molecule has 0 unspecified atom stereocenters. The van der Waals surface area contributed by atoms with E-state index in [1.807, 2.05) is 32.8 Å². The summed E-state index contributed by atoms with van der Waals surface area (Å²) >= 11 is 0. The van der Waals surface area contributed by atoms with E-state index in [1.54, 1.807) is 18.2 Å². The van der Waals surface area contributed by atoms with Crippen LogP contribution >= 0.6 is 0 Å². The number of fused-ring (bicyclic) bond motifs is 2. The number of carbonyl (C=O) groups is 1. The zero-order chi connectivity index (χ0) is 16.1. The van der Waals surface area contributed by atoms with Gasteiger partial charge >= 0.3 is 5.63 Å². The zero-order valence-corrected chi connectivity index (χ0v) is 13.2. The van der Waals surface area contributed by atoms with Crippen LogP contribution in [0, 0.1) is 5.92 Å². The van der Waals surface area contributed by atoms with E-state index in [2.05, 4.69) is 0 Å². The second kappa shape index (κ2) is 4.95. The van der Waals surface area contributed by atoms with Gasteiger partial charge in [0.15, 0.2) is 5.60 Å². The van der Waals surface area contributed by atoms with E-state index in [9.17, 15) is 9.59 Å². The first-order valence-electron chi connectivity index (χ1n) is 7.30. The van der Waals surface area contributed by atoms with Gasteiger partial charge in [-0.25, -0.2) is 4.79 Å². The van der Waals surface area contributed by atoms with Crippen LogP contribution in [0.25, 0.3) is 11.0 Å². The molecular formula is C17H19NO4. The molecule has 22 heavy (non-hydrogen) atoms. The van der Waals surface area contributed by atoms with Gasteiger partial charge in [-0.3, -0.25) is 4.79 Å². The van der Waals surface area contributed by atoms with Crippen molar-refractivity contribution < 1.29 is 13.9 Å². The summed E-state index contributed by atoms with van der Waals surface area (Å²) < 4.78 is 11.2. The van der Waals surface area contributed by atoms with E-state index in [0.717, 1.165) is 5.39 Å². The Kier molecular flexibility index (Phi) is 3.33. The Morgan fingerprint density at radius 3 is 2.55 bits per heavy atom. The van der Waals surface area contributed by atoms with Crippen LogP contribution in [0.2, 0.25) is 0 Å². The molecule has 1 aliphatic heterocycles. The number of hydrogen-bond acceptors (Lipinski definition) is 5. The van der Waals surface area contributed by atoms with Gasteiger partial charge in [-0.15, -0.1) is 0 Å². The van der Waals surface area contributed by atoms with Crippen LogP contribution in [-0.4, -0.2) is 36.9 Å². The Morgan fingerprint density at radius 1 is 1.18 bits per heavy atom. The minimum atomic E-state index is -0.899. The summed E-state index contributed by atoms with van der Waals surface area (Å²) in [6.07, 6.45) is 0. The minimum absolute atomic E-state index is 0.0145. The number of Topliss-reactive ketones (excluding diaryl/α,β-unsaturated/α-hetero) is 1. The molecule has 0 N–H and O–H groups in total. The van der Waals surface area contributed by atoms with E-state index < -0.39 is 11.2 Å². The van der Waals surface area contributed by atoms with E-state index in [4.69, 9.17) is 9.15 Å². The molecule has 0 aliphatic carbocycles. The summed E-state index contributed by atoms with van der Waals surface area (Å²) in [4.78, 5) is 26.3. The van der Waals surface area contributed by atoms with Crippen molar-refractivity contribution in [2.45, 2.75) is 19.4 Å². The average Bonchev–Trinajstić information content (AvgIpc) is 2.69. The Labute approximate surface area is 128 Å². The van der Waals surface area contributed by atoms with E-state index in [-0.39, 0.29) is 11.7 Å². The molecule has 1 aromatic carbocycles. The Bertz CT molecular complexity index is 806. The van der Waals surface area contributed by atoms with Gasteiger partial charge in [0, 0.05) is 30.0 Å². The maximum absolute atomic E-state index is 13.0. The molecule has 116 valence electrons. The topological polar surface area (TPSA) is 59.8 Å². The summed E-state index contributed by atoms with van der Waals surface area (Å²) in [7, 11) is 3.83. The minimum Gasteiger partial charge on any atom is -0.477 e. The van der Waals surface area contributed by atoms with Crippen LogP contribution in [-0.2, 0) is 0 Å². The van der Waals surface area contributed by atoms with Crippen molar-refractivity contribution in [2.24, 2.45) is 5.92 Å². The number of benzene rings is 1. The van der Waals surface area contributed by atoms with Crippen LogP contribution in [0.5, 0.6) is 5.75 Å². The maximum Gasteiger partial charge on any atom is 0.336 e. The van der Waals surface area contributed by atoms with Gasteiger partial charge in [-0.05, 0) is 26.2 Å². The fourth-order valence-corrected chi connectivity index (χ4v) is 2.97. The lowest BCUT2D eigenvalue weighted by Crippen LogP contribution is -2.52. The number of carbonyl (C=O) groups excluding carboxylic acids is 1. The van der Waals surface area contributed by atoms with E-state index in [1.165, 1.54) is 6.07 Å². The Morgan fingerprint density at radius 2 is 1.91 bits per heavy atom. The predicted octanol–water partition coefficient (Wildman–Crippen LogP) is 2.32. The fraction of sp³-hybridized carbons (Fsp3) is 0.412. The van der Waals surface area contributed by atoms with Gasteiger partial charge in [-0.1, -0.05) is 13.8 Å². The highest BCUT2D eigenvalue weighted by Gasteiger charge is 2.50. The number of nitrogens with zero attached hydrogens (tertiary/aromatic N) is 1. The molecule has 1 aromatic heterocycles. The third kappa shape index (κ3) is 2.13. The SMILES string of the molecule is CC(C)[C@]1(CN(C)C)Oc2cc3oc(=O)ccc3cc2C1=O. The van der Waals surface area contributed by atoms with Gasteiger partial charge in [0.2, 0.25) is 5.78 Å². The number of ether oxygens (including phenoxy) is 1. The number of hydrogen-bond donors (Lipinski definition) is 0. The lowest BCUT2D eigenvalue weighted by atomic mass is 9.84. The second-order valence-corrected chi connectivity index (χ2v) is 6.35. The van der Waals surface area contributed by atoms with E-state index >= 15 is 0 Å². The molecule has 0 saturated heterocycles. The van der Waals surface area contributed by atoms with Crippen LogP contribution in [0.4, 0.5) is 0 Å². The van der Waals surface area contributed by atoms with Crippen molar-refractivity contribution in [2.75, 3.05) is 20.6 Å². The zero-order valence-electron chi connectivity index (χ0n) is 13.2. The third-order valence-corrected chi connectivity index (χ3v) is 4.13. The van der Waals surface area contributed by atoms with Crippen molar-refractivity contribution in [3.8, 4) is 5.75 Å². The monoisotopic (exact) mass is 301 g/mol. The maximum atomic E-state index is 13.0. The lowest BCUT2D eigenvalue weighted by Gasteiger charge is -2.33. The van der Waals surface area contributed by atoms with Gasteiger partial charge in [0.25, 0.3) is 0 Å². The fourth-order valence-electron chi connectivity index (χ4n) is 2.97.